The fourth-order valence-corrected chi connectivity index (χ4v) is 5.66. The zero-order valence-corrected chi connectivity index (χ0v) is 19.7. The average molecular weight is 479 g/mol. The summed E-state index contributed by atoms with van der Waals surface area (Å²) in [7, 11) is 0. The van der Waals surface area contributed by atoms with E-state index in [1.54, 1.807) is 4.90 Å². The zero-order valence-electron chi connectivity index (χ0n) is 19.7. The second kappa shape index (κ2) is 9.70. The molecule has 3 aliphatic rings. The van der Waals surface area contributed by atoms with Crippen LogP contribution in [0.25, 0.3) is 11.1 Å². The first-order chi connectivity index (χ1) is 16.9. The van der Waals surface area contributed by atoms with Crippen LogP contribution in [0.3, 0.4) is 0 Å². The summed E-state index contributed by atoms with van der Waals surface area (Å²) in [6.45, 7) is 2.79. The van der Waals surface area contributed by atoms with Crippen molar-refractivity contribution in [2.75, 3.05) is 19.8 Å². The minimum atomic E-state index is -0.823. The number of likely N-dealkylation sites (tertiary alicyclic amines) is 1. The lowest BCUT2D eigenvalue weighted by atomic mass is 9.91. The summed E-state index contributed by atoms with van der Waals surface area (Å²) >= 11 is 0. The number of amides is 2. The van der Waals surface area contributed by atoms with Crippen LogP contribution < -0.4 is 5.32 Å². The van der Waals surface area contributed by atoms with Gasteiger partial charge in [-0.2, -0.15) is 0 Å². The van der Waals surface area contributed by atoms with Crippen LogP contribution >= 0.6 is 0 Å². The van der Waals surface area contributed by atoms with Crippen LogP contribution in [0.2, 0.25) is 0 Å². The minimum Gasteiger partial charge on any atom is -0.481 e. The van der Waals surface area contributed by atoms with Crippen molar-refractivity contribution < 1.29 is 29.0 Å². The Morgan fingerprint density at radius 2 is 1.71 bits per heavy atom. The molecule has 184 valence electrons. The van der Waals surface area contributed by atoms with E-state index in [1.165, 1.54) is 0 Å². The normalized spacial score (nSPS) is 25.6. The number of nitrogens with zero attached hydrogens (tertiary/aromatic N) is 1. The van der Waals surface area contributed by atoms with E-state index < -0.39 is 30.1 Å². The van der Waals surface area contributed by atoms with Gasteiger partial charge in [0, 0.05) is 25.1 Å². The van der Waals surface area contributed by atoms with Crippen molar-refractivity contribution in [3.63, 3.8) is 0 Å². The summed E-state index contributed by atoms with van der Waals surface area (Å²) in [5.74, 6) is -1.51. The van der Waals surface area contributed by atoms with Gasteiger partial charge in [0.1, 0.15) is 6.61 Å². The number of carboxylic acid groups (broad SMARTS) is 1. The van der Waals surface area contributed by atoms with Crippen molar-refractivity contribution in [1.82, 2.24) is 10.2 Å². The van der Waals surface area contributed by atoms with Crippen LogP contribution in [0, 0.1) is 5.92 Å². The Balaban J connectivity index is 1.20. The minimum absolute atomic E-state index is 0.0400. The molecule has 2 aromatic carbocycles. The molecule has 2 amide bonds. The molecule has 4 unspecified atom stereocenters. The molecule has 2 heterocycles. The molecule has 0 radical (unpaired) electrons. The number of carbonyl (C=O) groups is 3. The van der Waals surface area contributed by atoms with E-state index in [2.05, 4.69) is 29.6 Å². The highest BCUT2D eigenvalue weighted by Crippen LogP contribution is 2.44. The molecule has 1 aliphatic carbocycles. The highest BCUT2D eigenvalue weighted by Gasteiger charge is 2.41. The second-order valence-corrected chi connectivity index (χ2v) is 9.60. The molecule has 0 saturated carbocycles. The lowest BCUT2D eigenvalue weighted by molar-refractivity contribution is -0.151. The molecular weight excluding hydrogens is 448 g/mol. The van der Waals surface area contributed by atoms with E-state index in [-0.39, 0.29) is 24.5 Å². The Bertz CT molecular complexity index is 1090. The number of carbonyl (C=O) groups excluding carboxylic acids is 2. The summed E-state index contributed by atoms with van der Waals surface area (Å²) < 4.78 is 11.3. The molecule has 5 rings (SSSR count). The zero-order chi connectivity index (χ0) is 24.5. The van der Waals surface area contributed by atoms with Crippen LogP contribution in [0.4, 0.5) is 4.79 Å². The number of ether oxygens (including phenoxy) is 2. The van der Waals surface area contributed by atoms with Crippen molar-refractivity contribution in [2.24, 2.45) is 5.92 Å². The number of piperidine rings is 1. The number of carboxylic acids is 1. The molecule has 8 heteroatoms. The molecule has 2 saturated heterocycles. The third-order valence-electron chi connectivity index (χ3n) is 7.49. The smallest absolute Gasteiger partial charge is 0.407 e. The fourth-order valence-electron chi connectivity index (χ4n) is 5.66. The Morgan fingerprint density at radius 3 is 2.34 bits per heavy atom. The fraction of sp³-hybridized carbons (Fsp3) is 0.444. The quantitative estimate of drug-likeness (QED) is 0.683. The molecule has 0 bridgehead atoms. The standard InChI is InChI=1S/C27H30N2O6/c1-16-14-17(26(31)32)10-12-29(16)25(30)24-23(11-13-34-24)28-27(33)35-15-22-20-8-4-2-6-18(20)19-7-3-5-9-21(19)22/h2-9,16-17,22-24H,10-15H2,1H3,(H,28,33)(H,31,32). The monoisotopic (exact) mass is 478 g/mol. The number of hydrogen-bond donors (Lipinski definition) is 2. The predicted octanol–water partition coefficient (Wildman–Crippen LogP) is 3.39. The van der Waals surface area contributed by atoms with Crippen molar-refractivity contribution in [3.8, 4) is 11.1 Å². The second-order valence-electron chi connectivity index (χ2n) is 9.60. The van der Waals surface area contributed by atoms with Gasteiger partial charge in [-0.05, 0) is 48.4 Å². The molecule has 35 heavy (non-hydrogen) atoms. The lowest BCUT2D eigenvalue weighted by Crippen LogP contribution is -2.54. The van der Waals surface area contributed by atoms with Gasteiger partial charge in [-0.25, -0.2) is 4.79 Å². The molecule has 0 spiro atoms. The van der Waals surface area contributed by atoms with Gasteiger partial charge in [-0.3, -0.25) is 9.59 Å². The van der Waals surface area contributed by atoms with Crippen LogP contribution in [-0.2, 0) is 19.1 Å². The maximum Gasteiger partial charge on any atom is 0.407 e. The van der Waals surface area contributed by atoms with Gasteiger partial charge in [0.2, 0.25) is 0 Å². The topological polar surface area (TPSA) is 105 Å². The number of aliphatic carboxylic acids is 1. The Kier molecular flexibility index (Phi) is 6.47. The number of fused-ring (bicyclic) bond motifs is 3. The summed E-state index contributed by atoms with van der Waals surface area (Å²) in [5, 5.41) is 12.1. The van der Waals surface area contributed by atoms with Crippen molar-refractivity contribution in [2.45, 2.75) is 50.3 Å². The van der Waals surface area contributed by atoms with Crippen LogP contribution in [0.15, 0.2) is 48.5 Å². The first-order valence-corrected chi connectivity index (χ1v) is 12.2. The molecule has 4 atom stereocenters. The molecule has 2 aliphatic heterocycles. The summed E-state index contributed by atoms with van der Waals surface area (Å²) in [6.07, 6.45) is -0.0151. The number of hydrogen-bond acceptors (Lipinski definition) is 5. The number of nitrogens with one attached hydrogen (secondary N) is 1. The van der Waals surface area contributed by atoms with Crippen LogP contribution in [0.1, 0.15) is 43.2 Å². The van der Waals surface area contributed by atoms with E-state index in [9.17, 15) is 19.5 Å². The van der Waals surface area contributed by atoms with Gasteiger partial charge in [0.05, 0.1) is 12.0 Å². The van der Waals surface area contributed by atoms with Gasteiger partial charge < -0.3 is 24.8 Å². The number of benzene rings is 2. The van der Waals surface area contributed by atoms with Crippen LogP contribution in [0.5, 0.6) is 0 Å². The predicted molar refractivity (Wildman–Crippen MR) is 128 cm³/mol. The molecule has 2 fully saturated rings. The molecule has 2 aromatic rings. The van der Waals surface area contributed by atoms with Gasteiger partial charge >= 0.3 is 12.1 Å². The van der Waals surface area contributed by atoms with Gasteiger partial charge in [0.15, 0.2) is 6.10 Å². The van der Waals surface area contributed by atoms with Crippen molar-refractivity contribution >= 4 is 18.0 Å². The Morgan fingerprint density at radius 1 is 1.06 bits per heavy atom. The van der Waals surface area contributed by atoms with E-state index in [0.717, 1.165) is 22.3 Å². The maximum atomic E-state index is 13.2. The van der Waals surface area contributed by atoms with Crippen molar-refractivity contribution in [1.29, 1.82) is 0 Å². The number of alkyl carbamates (subject to hydrolysis) is 1. The van der Waals surface area contributed by atoms with E-state index in [4.69, 9.17) is 9.47 Å². The first kappa shape index (κ1) is 23.4. The summed E-state index contributed by atoms with van der Waals surface area (Å²) in [4.78, 5) is 38.9. The summed E-state index contributed by atoms with van der Waals surface area (Å²) in [5.41, 5.74) is 4.59. The average Bonchev–Trinajstić information content (AvgIpc) is 3.44. The van der Waals surface area contributed by atoms with Gasteiger partial charge in [-0.1, -0.05) is 48.5 Å². The summed E-state index contributed by atoms with van der Waals surface area (Å²) in [6, 6.07) is 15.6. The van der Waals surface area contributed by atoms with E-state index >= 15 is 0 Å². The molecule has 8 nitrogen and oxygen atoms in total. The molecule has 0 aromatic heterocycles. The SMILES string of the molecule is CC1CC(C(=O)O)CCN1C(=O)C1OCCC1NC(=O)OCC1c2ccccc2-c2ccccc21. The first-order valence-electron chi connectivity index (χ1n) is 12.2. The van der Waals surface area contributed by atoms with Crippen molar-refractivity contribution in [3.05, 3.63) is 59.7 Å². The highest BCUT2D eigenvalue weighted by atomic mass is 16.6. The van der Waals surface area contributed by atoms with Gasteiger partial charge in [0.25, 0.3) is 5.91 Å². The molecular formula is C27H30N2O6. The third-order valence-corrected chi connectivity index (χ3v) is 7.49. The largest absolute Gasteiger partial charge is 0.481 e. The van der Waals surface area contributed by atoms with Crippen LogP contribution in [-0.4, -0.2) is 65.9 Å². The maximum absolute atomic E-state index is 13.2. The van der Waals surface area contributed by atoms with E-state index in [0.29, 0.717) is 32.4 Å². The van der Waals surface area contributed by atoms with Gasteiger partial charge in [-0.15, -0.1) is 0 Å². The third kappa shape index (κ3) is 4.50. The van der Waals surface area contributed by atoms with E-state index in [1.807, 2.05) is 31.2 Å². The number of rotatable bonds is 5. The molecule has 2 N–H and O–H groups in total. The highest BCUT2D eigenvalue weighted by molar-refractivity contribution is 5.84. The Labute approximate surface area is 204 Å². The lowest BCUT2D eigenvalue weighted by Gasteiger charge is -2.38. The Hall–Kier alpha value is -3.39.